The van der Waals surface area contributed by atoms with Gasteiger partial charge in [-0.2, -0.15) is 0 Å². The Morgan fingerprint density at radius 2 is 2.08 bits per heavy atom. The number of aromatic nitrogens is 1. The van der Waals surface area contributed by atoms with Crippen LogP contribution in [0.2, 0.25) is 0 Å². The molecule has 0 radical (unpaired) electrons. The van der Waals surface area contributed by atoms with E-state index in [1.807, 2.05) is 5.38 Å². The summed E-state index contributed by atoms with van der Waals surface area (Å²) in [4.78, 5) is 18.7. The van der Waals surface area contributed by atoms with Crippen molar-refractivity contribution in [3.05, 3.63) is 11.1 Å². The number of likely N-dealkylation sites (tertiary alicyclic amines) is 1. The zero-order chi connectivity index (χ0) is 15.6. The maximum atomic E-state index is 13.1. The predicted octanol–water partition coefficient (Wildman–Crippen LogP) is 2.91. The molecule has 1 unspecified atom stereocenters. The van der Waals surface area contributed by atoms with Crippen LogP contribution in [0.5, 0.6) is 0 Å². The van der Waals surface area contributed by atoms with E-state index < -0.39 is 30.8 Å². The van der Waals surface area contributed by atoms with Gasteiger partial charge in [0.2, 0.25) is 5.91 Å². The fourth-order valence-electron chi connectivity index (χ4n) is 2.88. The van der Waals surface area contributed by atoms with Crippen molar-refractivity contribution in [1.82, 2.24) is 15.2 Å². The minimum Gasteiger partial charge on any atom is -0.301 e. The van der Waals surface area contributed by atoms with Gasteiger partial charge in [-0.15, -0.1) is 36.2 Å². The lowest BCUT2D eigenvalue weighted by Crippen LogP contribution is -2.35. The van der Waals surface area contributed by atoms with Gasteiger partial charge < -0.3 is 5.32 Å². The number of piperidine rings is 1. The van der Waals surface area contributed by atoms with Crippen molar-refractivity contribution in [3.63, 3.8) is 0 Å². The van der Waals surface area contributed by atoms with Crippen molar-refractivity contribution in [2.75, 3.05) is 25.0 Å². The predicted molar refractivity (Wildman–Crippen MR) is 95.7 cm³/mol. The zero-order valence-electron chi connectivity index (χ0n) is 13.1. The smallest absolute Gasteiger partial charge is 0.262 e. The van der Waals surface area contributed by atoms with E-state index in [0.29, 0.717) is 5.13 Å². The van der Waals surface area contributed by atoms with Crippen LogP contribution in [0.4, 0.5) is 13.9 Å². The number of nitrogens with one attached hydrogen (secondary N) is 2. The third-order valence-electron chi connectivity index (χ3n) is 4.04. The van der Waals surface area contributed by atoms with Crippen LogP contribution in [0.25, 0.3) is 0 Å². The molecule has 0 aromatic carbocycles. The summed E-state index contributed by atoms with van der Waals surface area (Å²) in [6, 6.07) is -0.843. The lowest BCUT2D eigenvalue weighted by Gasteiger charge is -2.25. The second kappa shape index (κ2) is 9.24. The lowest BCUT2D eigenvalue weighted by atomic mass is 10.1. The standard InChI is InChI=1S/C14H20F2N4OS.2ClH/c15-14(16)6-11(17-9-14)12(21)19-13-18-10(8-22-13)7-20-4-2-1-3-5-20;;/h8,11,17H,1-7,9H2,(H,18,19,21);2*1H. The SMILES string of the molecule is Cl.Cl.O=C(Nc1nc(CN2CCCCC2)cs1)C1CC(F)(F)CN1. The van der Waals surface area contributed by atoms with Gasteiger partial charge in [-0.25, -0.2) is 13.8 Å². The molecule has 2 saturated heterocycles. The molecular weight excluding hydrogens is 381 g/mol. The van der Waals surface area contributed by atoms with E-state index in [0.717, 1.165) is 25.3 Å². The summed E-state index contributed by atoms with van der Waals surface area (Å²) in [5.74, 6) is -3.24. The highest BCUT2D eigenvalue weighted by atomic mass is 35.5. The van der Waals surface area contributed by atoms with Gasteiger partial charge in [0.1, 0.15) is 0 Å². The van der Waals surface area contributed by atoms with Crippen LogP contribution in [-0.2, 0) is 11.3 Å². The molecule has 1 amide bonds. The summed E-state index contributed by atoms with van der Waals surface area (Å²) in [5, 5.41) is 7.58. The molecule has 10 heteroatoms. The molecule has 3 heterocycles. The van der Waals surface area contributed by atoms with E-state index in [1.54, 1.807) is 0 Å². The molecule has 24 heavy (non-hydrogen) atoms. The van der Waals surface area contributed by atoms with Crippen molar-refractivity contribution >= 4 is 47.2 Å². The van der Waals surface area contributed by atoms with Crippen molar-refractivity contribution < 1.29 is 13.6 Å². The molecule has 2 N–H and O–H groups in total. The van der Waals surface area contributed by atoms with Gasteiger partial charge in [-0.3, -0.25) is 15.0 Å². The number of thiazole rings is 1. The second-order valence-corrected chi connectivity index (χ2v) is 6.82. The quantitative estimate of drug-likeness (QED) is 0.812. The Morgan fingerprint density at radius 1 is 1.38 bits per heavy atom. The Balaban J connectivity index is 0.00000144. The molecule has 1 aromatic rings. The van der Waals surface area contributed by atoms with Crippen molar-refractivity contribution in [2.24, 2.45) is 0 Å². The Kier molecular flexibility index (Phi) is 8.28. The number of hydrogen-bond acceptors (Lipinski definition) is 5. The van der Waals surface area contributed by atoms with Crippen molar-refractivity contribution in [1.29, 1.82) is 0 Å². The second-order valence-electron chi connectivity index (χ2n) is 5.96. The van der Waals surface area contributed by atoms with Gasteiger partial charge in [-0.1, -0.05) is 6.42 Å². The number of alkyl halides is 2. The number of amides is 1. The summed E-state index contributed by atoms with van der Waals surface area (Å²) in [6.45, 7) is 2.51. The van der Waals surface area contributed by atoms with E-state index in [4.69, 9.17) is 0 Å². The molecule has 2 aliphatic heterocycles. The van der Waals surface area contributed by atoms with Crippen LogP contribution in [0.3, 0.4) is 0 Å². The minimum absolute atomic E-state index is 0. The molecule has 1 aromatic heterocycles. The highest BCUT2D eigenvalue weighted by Crippen LogP contribution is 2.26. The first-order valence-electron chi connectivity index (χ1n) is 7.61. The van der Waals surface area contributed by atoms with Crippen LogP contribution in [-0.4, -0.2) is 47.4 Å². The third kappa shape index (κ3) is 5.77. The highest BCUT2D eigenvalue weighted by molar-refractivity contribution is 7.13. The average molecular weight is 403 g/mol. The van der Waals surface area contributed by atoms with Crippen LogP contribution in [0.15, 0.2) is 5.38 Å². The molecule has 5 nitrogen and oxygen atoms in total. The number of nitrogens with zero attached hydrogens (tertiary/aromatic N) is 2. The zero-order valence-corrected chi connectivity index (χ0v) is 15.5. The Morgan fingerprint density at radius 3 is 2.71 bits per heavy atom. The highest BCUT2D eigenvalue weighted by Gasteiger charge is 2.42. The monoisotopic (exact) mass is 402 g/mol. The maximum absolute atomic E-state index is 13.1. The fourth-order valence-corrected chi connectivity index (χ4v) is 3.58. The van der Waals surface area contributed by atoms with Crippen LogP contribution < -0.4 is 10.6 Å². The summed E-state index contributed by atoms with van der Waals surface area (Å²) >= 11 is 1.34. The van der Waals surface area contributed by atoms with Gasteiger partial charge in [0.05, 0.1) is 18.3 Å². The third-order valence-corrected chi connectivity index (χ3v) is 4.85. The molecule has 2 fully saturated rings. The first kappa shape index (κ1) is 21.5. The Bertz CT molecular complexity index is 541. The van der Waals surface area contributed by atoms with Crippen molar-refractivity contribution in [3.8, 4) is 0 Å². The summed E-state index contributed by atoms with van der Waals surface area (Å²) < 4.78 is 26.2. The Labute approximate surface area is 156 Å². The van der Waals surface area contributed by atoms with Gasteiger partial charge in [-0.05, 0) is 25.9 Å². The number of hydrogen-bond donors (Lipinski definition) is 2. The van der Waals surface area contributed by atoms with Crippen molar-refractivity contribution in [2.45, 2.75) is 44.2 Å². The molecule has 0 spiro atoms. The molecule has 138 valence electrons. The molecule has 2 aliphatic rings. The minimum atomic E-state index is -2.80. The molecule has 1 atom stereocenters. The number of halogens is 4. The number of carbonyl (C=O) groups is 1. The number of carbonyl (C=O) groups excluding carboxylic acids is 1. The van der Waals surface area contributed by atoms with Gasteiger partial charge in [0, 0.05) is 18.3 Å². The molecule has 3 rings (SSSR count). The molecular formula is C14H22Cl2F2N4OS. The first-order valence-corrected chi connectivity index (χ1v) is 8.49. The van der Waals surface area contributed by atoms with E-state index in [2.05, 4.69) is 20.5 Å². The van der Waals surface area contributed by atoms with E-state index in [9.17, 15) is 13.6 Å². The first-order chi connectivity index (χ1) is 10.5. The van der Waals surface area contributed by atoms with Gasteiger partial charge in [0.25, 0.3) is 5.92 Å². The lowest BCUT2D eigenvalue weighted by molar-refractivity contribution is -0.118. The number of anilines is 1. The van der Waals surface area contributed by atoms with Crippen LogP contribution in [0, 0.1) is 0 Å². The number of rotatable bonds is 4. The topological polar surface area (TPSA) is 57.3 Å². The maximum Gasteiger partial charge on any atom is 0.262 e. The largest absolute Gasteiger partial charge is 0.301 e. The van der Waals surface area contributed by atoms with E-state index in [-0.39, 0.29) is 24.8 Å². The van der Waals surface area contributed by atoms with E-state index in [1.165, 1.54) is 30.6 Å². The molecule has 0 saturated carbocycles. The van der Waals surface area contributed by atoms with E-state index >= 15 is 0 Å². The average Bonchev–Trinajstić information content (AvgIpc) is 3.06. The summed E-state index contributed by atoms with van der Waals surface area (Å²) in [7, 11) is 0. The van der Waals surface area contributed by atoms with Gasteiger partial charge in [0.15, 0.2) is 5.13 Å². The molecule has 0 bridgehead atoms. The Hall–Kier alpha value is -0.540. The normalized spacial score (nSPS) is 23.2. The molecule has 0 aliphatic carbocycles. The fraction of sp³-hybridized carbons (Fsp3) is 0.714. The summed E-state index contributed by atoms with van der Waals surface area (Å²) in [6.07, 6.45) is 3.27. The van der Waals surface area contributed by atoms with Gasteiger partial charge >= 0.3 is 0 Å². The summed E-state index contributed by atoms with van der Waals surface area (Å²) in [5.41, 5.74) is 0.923. The van der Waals surface area contributed by atoms with Crippen LogP contribution >= 0.6 is 36.2 Å². The van der Waals surface area contributed by atoms with Crippen LogP contribution in [0.1, 0.15) is 31.4 Å².